The smallest absolute Gasteiger partial charge is 0.253 e. The summed E-state index contributed by atoms with van der Waals surface area (Å²) in [6.45, 7) is 2.94. The molecule has 0 bridgehead atoms. The summed E-state index contributed by atoms with van der Waals surface area (Å²) < 4.78 is 12.7. The van der Waals surface area contributed by atoms with Gasteiger partial charge in [-0.25, -0.2) is 0 Å². The van der Waals surface area contributed by atoms with E-state index >= 15 is 0 Å². The molecule has 1 saturated heterocycles. The molecule has 0 radical (unpaired) electrons. The van der Waals surface area contributed by atoms with E-state index in [1.807, 2.05) is 45.9 Å². The van der Waals surface area contributed by atoms with Crippen LogP contribution < -0.4 is 0 Å². The first-order valence-corrected chi connectivity index (χ1v) is 10.7. The zero-order chi connectivity index (χ0) is 20.1. The zero-order valence-corrected chi connectivity index (χ0v) is 17.2. The molecule has 4 rings (SSSR count). The Bertz CT molecular complexity index is 932. The fourth-order valence-corrected chi connectivity index (χ4v) is 4.28. The summed E-state index contributed by atoms with van der Waals surface area (Å²) in [6.07, 6.45) is 3.83. The molecule has 0 unspecified atom stereocenters. The lowest BCUT2D eigenvalue weighted by Crippen LogP contribution is -2.27. The summed E-state index contributed by atoms with van der Waals surface area (Å²) in [5.41, 5.74) is 1.89. The Labute approximate surface area is 174 Å². The van der Waals surface area contributed by atoms with Crippen LogP contribution in [-0.2, 0) is 17.0 Å². The first kappa shape index (κ1) is 19.7. The van der Waals surface area contributed by atoms with Crippen molar-refractivity contribution in [2.45, 2.75) is 30.3 Å². The van der Waals surface area contributed by atoms with Gasteiger partial charge in [-0.15, -0.1) is 10.2 Å². The van der Waals surface area contributed by atoms with Crippen molar-refractivity contribution in [2.75, 3.05) is 26.8 Å². The summed E-state index contributed by atoms with van der Waals surface area (Å²) in [4.78, 5) is 14.4. The Hall–Kier alpha value is -2.58. The molecule has 0 spiro atoms. The number of thioether (sulfide) groups is 1. The van der Waals surface area contributed by atoms with E-state index in [9.17, 15) is 4.79 Å². The van der Waals surface area contributed by atoms with Gasteiger partial charge in [-0.1, -0.05) is 23.9 Å². The number of hydrogen-bond donors (Lipinski definition) is 0. The molecule has 1 aliphatic rings. The molecule has 3 aromatic rings. The minimum Gasteiger partial charge on any atom is -0.461 e. The first-order chi connectivity index (χ1) is 14.3. The highest BCUT2D eigenvalue weighted by atomic mass is 32.2. The van der Waals surface area contributed by atoms with E-state index in [0.717, 1.165) is 48.0 Å². The molecule has 0 atom stereocenters. The van der Waals surface area contributed by atoms with Crippen LogP contribution in [-0.4, -0.2) is 52.4 Å². The van der Waals surface area contributed by atoms with E-state index < -0.39 is 0 Å². The van der Waals surface area contributed by atoms with Crippen molar-refractivity contribution in [1.82, 2.24) is 19.7 Å². The fraction of sp³-hybridized carbons (Fsp3) is 0.381. The van der Waals surface area contributed by atoms with Gasteiger partial charge in [-0.3, -0.25) is 9.36 Å². The molecule has 2 aromatic heterocycles. The minimum absolute atomic E-state index is 0.129. The molecule has 7 nitrogen and oxygen atoms in total. The maximum Gasteiger partial charge on any atom is 0.253 e. The van der Waals surface area contributed by atoms with Gasteiger partial charge in [0.1, 0.15) is 0 Å². The summed E-state index contributed by atoms with van der Waals surface area (Å²) in [5.74, 6) is 2.25. The van der Waals surface area contributed by atoms with Crippen molar-refractivity contribution in [3.05, 3.63) is 53.8 Å². The average molecular weight is 413 g/mol. The molecule has 3 heterocycles. The lowest BCUT2D eigenvalue weighted by atomic mass is 10.1. The zero-order valence-electron chi connectivity index (χ0n) is 16.4. The normalized spacial score (nSPS) is 13.9. The Morgan fingerprint density at radius 2 is 1.97 bits per heavy atom. The van der Waals surface area contributed by atoms with Gasteiger partial charge < -0.3 is 14.1 Å². The maximum absolute atomic E-state index is 12.5. The number of rotatable bonds is 8. The molecule has 152 valence electrons. The number of amides is 1. The second-order valence-electron chi connectivity index (χ2n) is 6.91. The summed E-state index contributed by atoms with van der Waals surface area (Å²) >= 11 is 1.61. The van der Waals surface area contributed by atoms with Crippen LogP contribution in [0.4, 0.5) is 0 Å². The number of carbonyl (C=O) groups is 1. The third kappa shape index (κ3) is 4.54. The minimum atomic E-state index is 0.129. The van der Waals surface area contributed by atoms with Gasteiger partial charge in [-0.05, 0) is 42.7 Å². The Kier molecular flexibility index (Phi) is 6.31. The summed E-state index contributed by atoms with van der Waals surface area (Å²) in [6, 6.07) is 11.6. The van der Waals surface area contributed by atoms with E-state index in [0.29, 0.717) is 24.7 Å². The van der Waals surface area contributed by atoms with E-state index in [2.05, 4.69) is 10.2 Å². The van der Waals surface area contributed by atoms with Crippen molar-refractivity contribution in [1.29, 1.82) is 0 Å². The molecule has 0 aliphatic carbocycles. The van der Waals surface area contributed by atoms with Crippen LogP contribution in [0, 0.1) is 0 Å². The van der Waals surface area contributed by atoms with Gasteiger partial charge in [0.05, 0.1) is 19.4 Å². The molecule has 0 N–H and O–H groups in total. The van der Waals surface area contributed by atoms with Crippen LogP contribution in [0.5, 0.6) is 0 Å². The van der Waals surface area contributed by atoms with Crippen LogP contribution in [0.25, 0.3) is 11.6 Å². The number of carbonyl (C=O) groups excluding carboxylic acids is 1. The van der Waals surface area contributed by atoms with Crippen LogP contribution in [0.1, 0.15) is 28.8 Å². The third-order valence-electron chi connectivity index (χ3n) is 4.94. The van der Waals surface area contributed by atoms with E-state index in [4.69, 9.17) is 9.15 Å². The Balaban J connectivity index is 1.44. The highest BCUT2D eigenvalue weighted by Crippen LogP contribution is 2.27. The van der Waals surface area contributed by atoms with E-state index in [-0.39, 0.29) is 5.91 Å². The Morgan fingerprint density at radius 1 is 1.17 bits per heavy atom. The van der Waals surface area contributed by atoms with Crippen molar-refractivity contribution in [2.24, 2.45) is 0 Å². The number of benzene rings is 1. The Morgan fingerprint density at radius 3 is 2.66 bits per heavy atom. The highest BCUT2D eigenvalue weighted by Gasteiger charge is 2.19. The van der Waals surface area contributed by atoms with Crippen LogP contribution in [0.2, 0.25) is 0 Å². The number of hydrogen-bond acceptors (Lipinski definition) is 6. The molecule has 1 fully saturated rings. The molecule has 29 heavy (non-hydrogen) atoms. The molecule has 0 saturated carbocycles. The number of ether oxygens (including phenoxy) is 1. The summed E-state index contributed by atoms with van der Waals surface area (Å²) in [7, 11) is 1.68. The standard InChI is InChI=1S/C21H24N4O3S/c1-27-14-12-25-19(18-5-4-13-28-18)22-23-21(25)29-15-16-6-8-17(9-7-16)20(26)24-10-2-3-11-24/h4-9,13H,2-3,10-12,14-15H2,1H3. The number of likely N-dealkylation sites (tertiary alicyclic amines) is 1. The number of nitrogens with zero attached hydrogens (tertiary/aromatic N) is 4. The topological polar surface area (TPSA) is 73.4 Å². The van der Waals surface area contributed by atoms with Crippen LogP contribution in [0.15, 0.2) is 52.2 Å². The quantitative estimate of drug-likeness (QED) is 0.525. The first-order valence-electron chi connectivity index (χ1n) is 9.73. The van der Waals surface area contributed by atoms with E-state index in [1.54, 1.807) is 25.1 Å². The van der Waals surface area contributed by atoms with Gasteiger partial charge >= 0.3 is 0 Å². The number of furan rings is 1. The second kappa shape index (κ2) is 9.28. The van der Waals surface area contributed by atoms with Crippen molar-refractivity contribution in [3.63, 3.8) is 0 Å². The lowest BCUT2D eigenvalue weighted by Gasteiger charge is -2.15. The molecule has 1 aliphatic heterocycles. The van der Waals surface area contributed by atoms with Crippen molar-refractivity contribution in [3.8, 4) is 11.6 Å². The predicted octanol–water partition coefficient (Wildman–Crippen LogP) is 3.71. The molecular weight excluding hydrogens is 388 g/mol. The lowest BCUT2D eigenvalue weighted by molar-refractivity contribution is 0.0793. The predicted molar refractivity (Wildman–Crippen MR) is 111 cm³/mol. The molecule has 1 aromatic carbocycles. The van der Waals surface area contributed by atoms with Crippen LogP contribution >= 0.6 is 11.8 Å². The molecule has 1 amide bonds. The van der Waals surface area contributed by atoms with Crippen LogP contribution in [0.3, 0.4) is 0 Å². The second-order valence-corrected chi connectivity index (χ2v) is 7.86. The van der Waals surface area contributed by atoms with Gasteiger partial charge in [0, 0.05) is 31.5 Å². The summed E-state index contributed by atoms with van der Waals surface area (Å²) in [5, 5.41) is 9.45. The van der Waals surface area contributed by atoms with Gasteiger partial charge in [0.15, 0.2) is 10.9 Å². The fourth-order valence-electron chi connectivity index (χ4n) is 3.36. The van der Waals surface area contributed by atoms with Crippen molar-refractivity contribution < 1.29 is 13.9 Å². The average Bonchev–Trinajstić information content (AvgIpc) is 3.52. The number of methoxy groups -OCH3 is 1. The largest absolute Gasteiger partial charge is 0.461 e. The van der Waals surface area contributed by atoms with Crippen molar-refractivity contribution >= 4 is 17.7 Å². The maximum atomic E-state index is 12.5. The monoisotopic (exact) mass is 412 g/mol. The van der Waals surface area contributed by atoms with E-state index in [1.165, 1.54) is 0 Å². The van der Waals surface area contributed by atoms with Gasteiger partial charge in [-0.2, -0.15) is 0 Å². The number of aromatic nitrogens is 3. The third-order valence-corrected chi connectivity index (χ3v) is 5.98. The molecular formula is C21H24N4O3S. The highest BCUT2D eigenvalue weighted by molar-refractivity contribution is 7.98. The molecule has 8 heteroatoms. The SMILES string of the molecule is COCCn1c(SCc2ccc(C(=O)N3CCCC3)cc2)nnc1-c1ccco1. The van der Waals surface area contributed by atoms with Gasteiger partial charge in [0.2, 0.25) is 5.82 Å². The van der Waals surface area contributed by atoms with Gasteiger partial charge in [0.25, 0.3) is 5.91 Å².